The molecule has 0 saturated carbocycles. The van der Waals surface area contributed by atoms with Crippen LogP contribution in [0.1, 0.15) is 6.23 Å². The fourth-order valence-electron chi connectivity index (χ4n) is 1.44. The molecular weight excluding hydrogens is 280 g/mol. The molecule has 7 heteroatoms. The zero-order chi connectivity index (χ0) is 11.7. The third-order valence-electron chi connectivity index (χ3n) is 2.17. The lowest BCUT2D eigenvalue weighted by atomic mass is 10.4. The van der Waals surface area contributed by atoms with Gasteiger partial charge in [-0.3, -0.25) is 14.3 Å². The zero-order valence-electron chi connectivity index (χ0n) is 8.09. The predicted molar refractivity (Wildman–Crippen MR) is 59.3 cm³/mol. The molecule has 1 aliphatic heterocycles. The molecule has 86 valence electrons. The highest BCUT2D eigenvalue weighted by Crippen LogP contribution is 2.31. The molecule has 2 N–H and O–H groups in total. The van der Waals surface area contributed by atoms with Crippen LogP contribution in [0.5, 0.6) is 0 Å². The molecule has 0 bridgehead atoms. The van der Waals surface area contributed by atoms with Gasteiger partial charge >= 0.3 is 5.69 Å². The fraction of sp³-hybridized carbons (Fsp3) is 0.333. The van der Waals surface area contributed by atoms with E-state index in [0.717, 1.165) is 0 Å². The maximum Gasteiger partial charge on any atom is 0.330 e. The van der Waals surface area contributed by atoms with Gasteiger partial charge in [0.15, 0.2) is 6.23 Å². The third-order valence-corrected chi connectivity index (χ3v) is 2.82. The molecule has 0 saturated heterocycles. The van der Waals surface area contributed by atoms with E-state index in [9.17, 15) is 9.59 Å². The number of hydrogen-bond donors (Lipinski definition) is 2. The van der Waals surface area contributed by atoms with E-state index in [-0.39, 0.29) is 6.61 Å². The number of aromatic amines is 1. The van der Waals surface area contributed by atoms with E-state index in [4.69, 9.17) is 9.84 Å². The summed E-state index contributed by atoms with van der Waals surface area (Å²) < 4.78 is 7.25. The van der Waals surface area contributed by atoms with Crippen molar-refractivity contribution in [1.82, 2.24) is 9.55 Å². The fourth-order valence-corrected chi connectivity index (χ4v) is 2.06. The number of nitrogens with zero attached hydrogens (tertiary/aromatic N) is 1. The van der Waals surface area contributed by atoms with Crippen LogP contribution in [0.15, 0.2) is 32.4 Å². The van der Waals surface area contributed by atoms with E-state index in [1.54, 1.807) is 6.08 Å². The van der Waals surface area contributed by atoms with Gasteiger partial charge in [-0.25, -0.2) is 4.79 Å². The van der Waals surface area contributed by atoms with Crippen molar-refractivity contribution in [3.05, 3.63) is 43.7 Å². The molecule has 1 aromatic heterocycles. The van der Waals surface area contributed by atoms with E-state index in [2.05, 4.69) is 20.9 Å². The Morgan fingerprint density at radius 3 is 2.88 bits per heavy atom. The van der Waals surface area contributed by atoms with Gasteiger partial charge in [0.25, 0.3) is 5.56 Å². The Morgan fingerprint density at radius 2 is 2.31 bits per heavy atom. The monoisotopic (exact) mass is 288 g/mol. The summed E-state index contributed by atoms with van der Waals surface area (Å²) >= 11 is 3.25. The van der Waals surface area contributed by atoms with E-state index in [1.165, 1.54) is 16.8 Å². The predicted octanol–water partition coefficient (Wildman–Crippen LogP) is -0.295. The second kappa shape index (κ2) is 4.36. The topological polar surface area (TPSA) is 84.3 Å². The Labute approximate surface area is 98.3 Å². The molecule has 16 heavy (non-hydrogen) atoms. The molecule has 1 aromatic rings. The molecule has 2 rings (SSSR count). The van der Waals surface area contributed by atoms with Crippen LogP contribution < -0.4 is 11.2 Å². The van der Waals surface area contributed by atoms with Crippen LogP contribution in [0.4, 0.5) is 0 Å². The zero-order valence-corrected chi connectivity index (χ0v) is 9.68. The van der Waals surface area contributed by atoms with Crippen molar-refractivity contribution in [3.63, 3.8) is 0 Å². The van der Waals surface area contributed by atoms with Crippen molar-refractivity contribution in [2.24, 2.45) is 0 Å². The number of H-pyrrole nitrogens is 1. The summed E-state index contributed by atoms with van der Waals surface area (Å²) in [6, 6.07) is 1.23. The molecule has 1 aliphatic rings. The second-order valence-corrected chi connectivity index (χ2v) is 4.19. The number of ether oxygens (including phenoxy) is 1. The summed E-state index contributed by atoms with van der Waals surface area (Å²) in [5.74, 6) is 0. The van der Waals surface area contributed by atoms with E-state index >= 15 is 0 Å². The molecule has 6 nitrogen and oxygen atoms in total. The first kappa shape index (κ1) is 11.3. The van der Waals surface area contributed by atoms with Gasteiger partial charge in [0.2, 0.25) is 0 Å². The normalized spacial score (nSPS) is 24.5. The average molecular weight is 289 g/mol. The van der Waals surface area contributed by atoms with Gasteiger partial charge in [-0.05, 0) is 6.08 Å². The van der Waals surface area contributed by atoms with Gasteiger partial charge in [-0.1, -0.05) is 15.9 Å². The lowest BCUT2D eigenvalue weighted by Gasteiger charge is -2.15. The van der Waals surface area contributed by atoms with Crippen molar-refractivity contribution in [3.8, 4) is 0 Å². The first-order valence-electron chi connectivity index (χ1n) is 4.57. The Morgan fingerprint density at radius 1 is 1.56 bits per heavy atom. The highest BCUT2D eigenvalue weighted by molar-refractivity contribution is 9.11. The minimum atomic E-state index is -0.638. The van der Waals surface area contributed by atoms with Crippen LogP contribution in [0, 0.1) is 0 Å². The molecule has 0 aromatic carbocycles. The maximum atomic E-state index is 11.5. The third kappa shape index (κ3) is 2.01. The highest BCUT2D eigenvalue weighted by atomic mass is 79.9. The summed E-state index contributed by atoms with van der Waals surface area (Å²) in [4.78, 5) is 24.5. The largest absolute Gasteiger partial charge is 0.393 e. The molecule has 0 aliphatic carbocycles. The lowest BCUT2D eigenvalue weighted by molar-refractivity contribution is -0.0113. The lowest BCUT2D eigenvalue weighted by Crippen LogP contribution is -2.32. The molecule has 0 radical (unpaired) electrons. The highest BCUT2D eigenvalue weighted by Gasteiger charge is 2.27. The van der Waals surface area contributed by atoms with Gasteiger partial charge in [-0.2, -0.15) is 0 Å². The number of rotatable bonds is 2. The van der Waals surface area contributed by atoms with Crippen molar-refractivity contribution < 1.29 is 9.84 Å². The van der Waals surface area contributed by atoms with E-state index < -0.39 is 23.6 Å². The summed E-state index contributed by atoms with van der Waals surface area (Å²) in [7, 11) is 0. The SMILES string of the molecule is O=c1ccn(C2OC(CO)C=C2Br)c(=O)[nH]1. The van der Waals surface area contributed by atoms with Crippen molar-refractivity contribution >= 4 is 15.9 Å². The van der Waals surface area contributed by atoms with Crippen LogP contribution in [-0.4, -0.2) is 27.4 Å². The summed E-state index contributed by atoms with van der Waals surface area (Å²) in [5, 5.41) is 8.93. The summed E-state index contributed by atoms with van der Waals surface area (Å²) in [6.45, 7) is -0.163. The standard InChI is InChI=1S/C9H9BrN2O4/c10-6-3-5(4-13)16-8(6)12-2-1-7(14)11-9(12)15/h1-3,5,8,13H,4H2,(H,11,14,15). The molecular formula is C9H9BrN2O4. The minimum absolute atomic E-state index is 0.163. The maximum absolute atomic E-state index is 11.5. The van der Waals surface area contributed by atoms with Crippen molar-refractivity contribution in [2.75, 3.05) is 6.61 Å². The number of nitrogens with one attached hydrogen (secondary N) is 1. The number of aliphatic hydroxyl groups is 1. The minimum Gasteiger partial charge on any atom is -0.393 e. The van der Waals surface area contributed by atoms with Crippen LogP contribution >= 0.6 is 15.9 Å². The van der Waals surface area contributed by atoms with Crippen molar-refractivity contribution in [1.29, 1.82) is 0 Å². The Balaban J connectivity index is 2.37. The number of aliphatic hydroxyl groups excluding tert-OH is 1. The quantitative estimate of drug-likeness (QED) is 0.783. The molecule has 0 spiro atoms. The average Bonchev–Trinajstić information content (AvgIpc) is 2.60. The van der Waals surface area contributed by atoms with Crippen LogP contribution in [0.3, 0.4) is 0 Å². The Hall–Kier alpha value is -1.18. The second-order valence-electron chi connectivity index (χ2n) is 3.28. The first-order chi connectivity index (χ1) is 7.61. The summed E-state index contributed by atoms with van der Waals surface area (Å²) in [5.41, 5.74) is -1.01. The number of halogens is 1. The van der Waals surface area contributed by atoms with Gasteiger partial charge < -0.3 is 9.84 Å². The number of aromatic nitrogens is 2. The van der Waals surface area contributed by atoms with E-state index in [1.807, 2.05) is 0 Å². The smallest absolute Gasteiger partial charge is 0.330 e. The molecule has 2 unspecified atom stereocenters. The Kier molecular flexibility index (Phi) is 3.08. The van der Waals surface area contributed by atoms with Gasteiger partial charge in [0, 0.05) is 16.7 Å². The van der Waals surface area contributed by atoms with Crippen molar-refractivity contribution in [2.45, 2.75) is 12.3 Å². The molecule has 2 heterocycles. The molecule has 0 amide bonds. The molecule has 0 fully saturated rings. The van der Waals surface area contributed by atoms with Gasteiger partial charge in [-0.15, -0.1) is 0 Å². The van der Waals surface area contributed by atoms with Gasteiger partial charge in [0.1, 0.15) is 6.10 Å². The van der Waals surface area contributed by atoms with Gasteiger partial charge in [0.05, 0.1) is 6.61 Å². The summed E-state index contributed by atoms with van der Waals surface area (Å²) in [6.07, 6.45) is 1.93. The molecule has 2 atom stereocenters. The van der Waals surface area contributed by atoms with Crippen LogP contribution in [0.25, 0.3) is 0 Å². The van der Waals surface area contributed by atoms with Crippen LogP contribution in [-0.2, 0) is 4.74 Å². The number of hydrogen-bond acceptors (Lipinski definition) is 4. The first-order valence-corrected chi connectivity index (χ1v) is 5.36. The van der Waals surface area contributed by atoms with Crippen LogP contribution in [0.2, 0.25) is 0 Å². The Bertz CT molecular complexity index is 533. The van der Waals surface area contributed by atoms with E-state index in [0.29, 0.717) is 4.48 Å².